The monoisotopic (exact) mass is 333 g/mol. The van der Waals surface area contributed by atoms with Crippen molar-refractivity contribution in [2.24, 2.45) is 0 Å². The molecule has 0 aliphatic carbocycles. The molecule has 1 atom stereocenters. The number of nitrogens with zero attached hydrogens (tertiary/aromatic N) is 1. The molecule has 0 radical (unpaired) electrons. The van der Waals surface area contributed by atoms with Crippen LogP contribution in [0, 0.1) is 11.6 Å². The summed E-state index contributed by atoms with van der Waals surface area (Å²) in [6.45, 7) is 3.08. The molecule has 128 valence electrons. The van der Waals surface area contributed by atoms with Gasteiger partial charge in [0.05, 0.1) is 6.54 Å². The van der Waals surface area contributed by atoms with E-state index in [1.54, 1.807) is 12.1 Å². The molecule has 2 aromatic rings. The van der Waals surface area contributed by atoms with E-state index in [0.717, 1.165) is 37.6 Å². The maximum absolute atomic E-state index is 13.7. The van der Waals surface area contributed by atoms with Crippen LogP contribution in [0.3, 0.4) is 0 Å². The number of anilines is 1. The molecule has 1 aliphatic heterocycles. The van der Waals surface area contributed by atoms with Crippen molar-refractivity contribution in [1.82, 2.24) is 0 Å². The van der Waals surface area contributed by atoms with Crippen LogP contribution in [0.5, 0.6) is 5.75 Å². The van der Waals surface area contributed by atoms with Gasteiger partial charge in [-0.15, -0.1) is 0 Å². The zero-order valence-electron chi connectivity index (χ0n) is 13.6. The molecule has 1 aliphatic rings. The fraction of sp³-hybridized carbons (Fsp3) is 0.368. The van der Waals surface area contributed by atoms with Crippen molar-refractivity contribution in [3.63, 3.8) is 0 Å². The van der Waals surface area contributed by atoms with Gasteiger partial charge in [-0.2, -0.15) is 0 Å². The van der Waals surface area contributed by atoms with Crippen LogP contribution in [0.15, 0.2) is 36.4 Å². The van der Waals surface area contributed by atoms with Crippen molar-refractivity contribution in [1.29, 1.82) is 0 Å². The number of phenols is 1. The van der Waals surface area contributed by atoms with E-state index < -0.39 is 23.0 Å². The quantitative estimate of drug-likeness (QED) is 0.815. The van der Waals surface area contributed by atoms with E-state index in [2.05, 4.69) is 6.92 Å². The maximum Gasteiger partial charge on any atom is 0.162 e. The number of aromatic hydroxyl groups is 1. The van der Waals surface area contributed by atoms with Crippen molar-refractivity contribution in [2.45, 2.75) is 31.8 Å². The number of β-amino-alcohol motifs (C(OH)–C–C–N with tert-alkyl or cyclic N) is 1. The highest BCUT2D eigenvalue weighted by Crippen LogP contribution is 2.46. The predicted molar refractivity (Wildman–Crippen MR) is 89.2 cm³/mol. The first-order valence-corrected chi connectivity index (χ1v) is 8.22. The molecule has 0 aromatic heterocycles. The number of benzene rings is 2. The Hall–Kier alpha value is -2.14. The Labute approximate surface area is 140 Å². The fourth-order valence-corrected chi connectivity index (χ4v) is 3.40. The predicted octanol–water partition coefficient (Wildman–Crippen LogP) is 3.92. The van der Waals surface area contributed by atoms with Crippen LogP contribution in [-0.4, -0.2) is 23.3 Å². The summed E-state index contributed by atoms with van der Waals surface area (Å²) in [5.74, 6) is -2.66. The Morgan fingerprint density at radius 3 is 2.54 bits per heavy atom. The molecule has 0 saturated heterocycles. The molecular weight excluding hydrogens is 312 g/mol. The number of phenolic OH excluding ortho intramolecular Hbond substituents is 1. The summed E-state index contributed by atoms with van der Waals surface area (Å²) in [7, 11) is 0. The summed E-state index contributed by atoms with van der Waals surface area (Å²) in [6, 6.07) is 8.92. The summed E-state index contributed by atoms with van der Waals surface area (Å²) in [5, 5.41) is 21.3. The zero-order valence-corrected chi connectivity index (χ0v) is 13.6. The van der Waals surface area contributed by atoms with E-state index in [4.69, 9.17) is 0 Å². The Bertz CT molecular complexity index is 750. The standard InChI is InChI=1S/C19H21F2NO2/c1-2-3-6-9-22-12-19(24,13-7-4-5-8-17(13)22)14-10-15(20)16(21)11-18(14)23/h4-5,7-8,10-11,23-24H,2-3,6,9,12H2,1H3. The first-order chi connectivity index (χ1) is 11.5. The molecule has 2 aromatic carbocycles. The van der Waals surface area contributed by atoms with Crippen LogP contribution >= 0.6 is 0 Å². The zero-order chi connectivity index (χ0) is 17.3. The Kier molecular flexibility index (Phi) is 4.45. The molecule has 3 nitrogen and oxygen atoms in total. The molecule has 0 fully saturated rings. The number of aliphatic hydroxyl groups is 1. The van der Waals surface area contributed by atoms with Gasteiger partial charge in [-0.1, -0.05) is 38.0 Å². The fourth-order valence-electron chi connectivity index (χ4n) is 3.40. The molecule has 0 amide bonds. The summed E-state index contributed by atoms with van der Waals surface area (Å²) in [4.78, 5) is 2.03. The number of fused-ring (bicyclic) bond motifs is 1. The molecular formula is C19H21F2NO2. The third kappa shape index (κ3) is 2.73. The highest BCUT2D eigenvalue weighted by molar-refractivity contribution is 5.66. The molecule has 24 heavy (non-hydrogen) atoms. The van der Waals surface area contributed by atoms with Gasteiger partial charge in [0.1, 0.15) is 11.4 Å². The number of hydrogen-bond donors (Lipinski definition) is 2. The second kappa shape index (κ2) is 6.40. The highest BCUT2D eigenvalue weighted by atomic mass is 19.2. The maximum atomic E-state index is 13.7. The third-order valence-corrected chi connectivity index (χ3v) is 4.63. The van der Waals surface area contributed by atoms with Gasteiger partial charge in [-0.05, 0) is 18.6 Å². The molecule has 5 heteroatoms. The van der Waals surface area contributed by atoms with E-state index in [-0.39, 0.29) is 12.1 Å². The minimum absolute atomic E-state index is 0.00755. The Morgan fingerprint density at radius 1 is 1.08 bits per heavy atom. The van der Waals surface area contributed by atoms with Gasteiger partial charge in [0.2, 0.25) is 0 Å². The van der Waals surface area contributed by atoms with Gasteiger partial charge in [0.15, 0.2) is 11.6 Å². The molecule has 0 saturated carbocycles. The number of halogens is 2. The SMILES string of the molecule is CCCCCN1CC(O)(c2cc(F)c(F)cc2O)c2ccccc21. The van der Waals surface area contributed by atoms with Crippen LogP contribution < -0.4 is 4.90 Å². The smallest absolute Gasteiger partial charge is 0.162 e. The minimum atomic E-state index is -1.57. The lowest BCUT2D eigenvalue weighted by Crippen LogP contribution is -2.35. The van der Waals surface area contributed by atoms with Crippen LogP contribution in [0.1, 0.15) is 37.3 Å². The Balaban J connectivity index is 2.03. The lowest BCUT2D eigenvalue weighted by Gasteiger charge is -2.26. The number of para-hydroxylation sites is 1. The summed E-state index contributed by atoms with van der Waals surface area (Å²) in [6.07, 6.45) is 3.14. The van der Waals surface area contributed by atoms with Gasteiger partial charge in [-0.25, -0.2) is 8.78 Å². The molecule has 3 rings (SSSR count). The average molecular weight is 333 g/mol. The van der Waals surface area contributed by atoms with Gasteiger partial charge in [0.25, 0.3) is 0 Å². The highest BCUT2D eigenvalue weighted by Gasteiger charge is 2.44. The molecule has 0 spiro atoms. The minimum Gasteiger partial charge on any atom is -0.507 e. The second-order valence-electron chi connectivity index (χ2n) is 6.29. The number of unbranched alkanes of at least 4 members (excludes halogenated alkanes) is 2. The molecule has 2 N–H and O–H groups in total. The van der Waals surface area contributed by atoms with Crippen LogP contribution in [-0.2, 0) is 5.60 Å². The summed E-state index contributed by atoms with van der Waals surface area (Å²) in [5.41, 5.74) is -0.114. The lowest BCUT2D eigenvalue weighted by atomic mass is 9.87. The van der Waals surface area contributed by atoms with Crippen molar-refractivity contribution in [3.05, 3.63) is 59.2 Å². The van der Waals surface area contributed by atoms with Gasteiger partial charge < -0.3 is 15.1 Å². The number of hydrogen-bond acceptors (Lipinski definition) is 3. The van der Waals surface area contributed by atoms with E-state index in [0.29, 0.717) is 11.6 Å². The lowest BCUT2D eigenvalue weighted by molar-refractivity contribution is 0.0944. The van der Waals surface area contributed by atoms with E-state index in [9.17, 15) is 19.0 Å². The van der Waals surface area contributed by atoms with E-state index in [1.165, 1.54) is 0 Å². The van der Waals surface area contributed by atoms with Gasteiger partial charge >= 0.3 is 0 Å². The summed E-state index contributed by atoms with van der Waals surface area (Å²) < 4.78 is 27.0. The van der Waals surface area contributed by atoms with Crippen molar-refractivity contribution in [3.8, 4) is 5.75 Å². The van der Waals surface area contributed by atoms with Crippen molar-refractivity contribution < 1.29 is 19.0 Å². The normalized spacial score (nSPS) is 19.6. The number of rotatable bonds is 5. The third-order valence-electron chi connectivity index (χ3n) is 4.63. The average Bonchev–Trinajstić information content (AvgIpc) is 2.85. The first-order valence-electron chi connectivity index (χ1n) is 8.22. The topological polar surface area (TPSA) is 43.7 Å². The molecule has 1 heterocycles. The van der Waals surface area contributed by atoms with Gasteiger partial charge in [-0.3, -0.25) is 0 Å². The van der Waals surface area contributed by atoms with Gasteiger partial charge in [0, 0.05) is 29.4 Å². The first kappa shape index (κ1) is 16.7. The molecule has 1 unspecified atom stereocenters. The van der Waals surface area contributed by atoms with Crippen molar-refractivity contribution in [2.75, 3.05) is 18.0 Å². The van der Waals surface area contributed by atoms with Crippen LogP contribution in [0.4, 0.5) is 14.5 Å². The van der Waals surface area contributed by atoms with Crippen molar-refractivity contribution >= 4 is 5.69 Å². The van der Waals surface area contributed by atoms with Crippen LogP contribution in [0.25, 0.3) is 0 Å². The van der Waals surface area contributed by atoms with E-state index >= 15 is 0 Å². The summed E-state index contributed by atoms with van der Waals surface area (Å²) >= 11 is 0. The van der Waals surface area contributed by atoms with E-state index in [1.807, 2.05) is 17.0 Å². The van der Waals surface area contributed by atoms with Crippen LogP contribution in [0.2, 0.25) is 0 Å². The Morgan fingerprint density at radius 2 is 1.79 bits per heavy atom. The largest absolute Gasteiger partial charge is 0.507 e. The second-order valence-corrected chi connectivity index (χ2v) is 6.29. The molecule has 0 bridgehead atoms.